The molecule has 0 radical (unpaired) electrons. The van der Waals surface area contributed by atoms with E-state index in [1.165, 1.54) is 0 Å². The number of sulfonamides is 1. The van der Waals surface area contributed by atoms with E-state index >= 15 is 0 Å². The number of rotatable bonds is 8. The van der Waals surface area contributed by atoms with Gasteiger partial charge in [0.05, 0.1) is 29.9 Å². The van der Waals surface area contributed by atoms with Crippen LogP contribution in [0.5, 0.6) is 0 Å². The average molecular weight is 440 g/mol. The lowest BCUT2D eigenvalue weighted by molar-refractivity contribution is -0.235. The van der Waals surface area contributed by atoms with E-state index in [2.05, 4.69) is 4.72 Å². The van der Waals surface area contributed by atoms with Crippen LogP contribution in [0, 0.1) is 6.92 Å². The number of nitrogens with one attached hydrogen (secondary N) is 1. The minimum Gasteiger partial charge on any atom is -0.382 e. The summed E-state index contributed by atoms with van der Waals surface area (Å²) in [5, 5.41) is 6.86. The maximum atomic E-state index is 12.6. The normalized spacial score (nSPS) is 25.7. The molecule has 0 aliphatic carbocycles. The largest absolute Gasteiger partial charge is 0.382 e. The highest BCUT2D eigenvalue weighted by Crippen LogP contribution is 2.25. The molecule has 3 rings (SSSR count). The summed E-state index contributed by atoms with van der Waals surface area (Å²) < 4.78 is 45.0. The first-order valence-electron chi connectivity index (χ1n) is 10.4. The van der Waals surface area contributed by atoms with Gasteiger partial charge in [0.15, 0.2) is 5.79 Å². The summed E-state index contributed by atoms with van der Waals surface area (Å²) in [6.07, 6.45) is 2.26. The Kier molecular flexibility index (Phi) is 7.52. The van der Waals surface area contributed by atoms with Gasteiger partial charge >= 0.3 is 0 Å². The highest BCUT2D eigenvalue weighted by atomic mass is 32.2. The Morgan fingerprint density at radius 1 is 1.30 bits per heavy atom. The molecule has 9 heteroatoms. The van der Waals surface area contributed by atoms with E-state index in [4.69, 9.17) is 19.3 Å². The molecule has 0 bridgehead atoms. The highest BCUT2D eigenvalue weighted by Gasteiger charge is 2.35. The van der Waals surface area contributed by atoms with Crippen molar-refractivity contribution in [3.8, 4) is 0 Å². The Morgan fingerprint density at radius 2 is 2.03 bits per heavy atom. The van der Waals surface area contributed by atoms with Crippen molar-refractivity contribution < 1.29 is 22.6 Å². The maximum absolute atomic E-state index is 12.6. The van der Waals surface area contributed by atoms with Gasteiger partial charge in [-0.2, -0.15) is 5.10 Å². The predicted octanol–water partition coefficient (Wildman–Crippen LogP) is 2.28. The average Bonchev–Trinajstić information content (AvgIpc) is 3.11. The molecule has 2 heterocycles. The van der Waals surface area contributed by atoms with Crippen molar-refractivity contribution in [2.75, 3.05) is 33.4 Å². The van der Waals surface area contributed by atoms with Crippen LogP contribution in [0.1, 0.15) is 38.7 Å². The summed E-state index contributed by atoms with van der Waals surface area (Å²) in [6, 6.07) is 7.05. The lowest BCUT2D eigenvalue weighted by Crippen LogP contribution is -2.48. The predicted molar refractivity (Wildman–Crippen MR) is 115 cm³/mol. The van der Waals surface area contributed by atoms with E-state index in [0.29, 0.717) is 19.6 Å². The summed E-state index contributed by atoms with van der Waals surface area (Å²) in [6.45, 7) is 7.74. The molecule has 0 spiro atoms. The zero-order chi connectivity index (χ0) is 21.8. The number of hydrazone groups is 1. The van der Waals surface area contributed by atoms with Crippen LogP contribution in [0.4, 0.5) is 0 Å². The Hall–Kier alpha value is -1.52. The van der Waals surface area contributed by atoms with Gasteiger partial charge in [-0.3, -0.25) is 5.01 Å². The van der Waals surface area contributed by atoms with Gasteiger partial charge in [-0.05, 0) is 52.2 Å². The van der Waals surface area contributed by atoms with Gasteiger partial charge in [-0.1, -0.05) is 17.7 Å². The van der Waals surface area contributed by atoms with Crippen LogP contribution in [0.25, 0.3) is 0 Å². The van der Waals surface area contributed by atoms with Gasteiger partial charge in [0, 0.05) is 20.2 Å². The van der Waals surface area contributed by atoms with E-state index < -0.39 is 15.8 Å². The molecule has 8 nitrogen and oxygen atoms in total. The van der Waals surface area contributed by atoms with E-state index in [0.717, 1.165) is 30.7 Å². The molecule has 2 aliphatic rings. The first-order valence-corrected chi connectivity index (χ1v) is 11.9. The number of benzene rings is 1. The second kappa shape index (κ2) is 9.74. The monoisotopic (exact) mass is 439 g/mol. The molecule has 1 N–H and O–H groups in total. The number of methoxy groups -OCH3 is 1. The molecule has 2 saturated heterocycles. The van der Waals surface area contributed by atoms with Crippen molar-refractivity contribution in [3.63, 3.8) is 0 Å². The summed E-state index contributed by atoms with van der Waals surface area (Å²) in [7, 11) is -1.87. The number of hydrogen-bond acceptors (Lipinski definition) is 7. The molecule has 1 aromatic rings. The van der Waals surface area contributed by atoms with Crippen LogP contribution in [-0.4, -0.2) is 70.5 Å². The fourth-order valence-corrected chi connectivity index (χ4v) is 4.76. The standard InChI is InChI=1S/C21H33N3O5S/c1-16-7-9-18(10-8-16)30(25,26)22-12-11-20-19(15-28-21(2,3)29-20)23-24-13-5-6-17(24)14-27-4/h7-10,17,20,22H,5-6,11-15H2,1-4H3/b23-19+/t17-,20-/m0/s1. The molecule has 2 atom stereocenters. The lowest BCUT2D eigenvalue weighted by Gasteiger charge is -2.37. The number of ether oxygens (including phenoxy) is 3. The third-order valence-electron chi connectivity index (χ3n) is 5.36. The Bertz CT molecular complexity index is 839. The molecule has 1 aromatic carbocycles. The van der Waals surface area contributed by atoms with Crippen LogP contribution < -0.4 is 4.72 Å². The van der Waals surface area contributed by atoms with Crippen molar-refractivity contribution in [1.29, 1.82) is 0 Å². The van der Waals surface area contributed by atoms with Crippen molar-refractivity contribution in [3.05, 3.63) is 29.8 Å². The molecule has 2 aliphatic heterocycles. The van der Waals surface area contributed by atoms with E-state index in [-0.39, 0.29) is 23.6 Å². The molecular weight excluding hydrogens is 406 g/mol. The molecule has 0 amide bonds. The van der Waals surface area contributed by atoms with E-state index in [1.807, 2.05) is 25.8 Å². The molecule has 0 saturated carbocycles. The number of nitrogens with zero attached hydrogens (tertiary/aromatic N) is 2. The summed E-state index contributed by atoms with van der Waals surface area (Å²) in [4.78, 5) is 0.259. The van der Waals surface area contributed by atoms with E-state index in [1.54, 1.807) is 31.4 Å². The van der Waals surface area contributed by atoms with Crippen molar-refractivity contribution in [2.45, 2.75) is 62.9 Å². The van der Waals surface area contributed by atoms with Gasteiger partial charge in [-0.25, -0.2) is 13.1 Å². The lowest BCUT2D eigenvalue weighted by atomic mass is 10.1. The SMILES string of the molecule is COC[C@@H]1CCCN1/N=C1\COC(C)(C)O[C@H]1CCNS(=O)(=O)c1ccc(C)cc1. The van der Waals surface area contributed by atoms with Crippen molar-refractivity contribution in [2.24, 2.45) is 5.10 Å². The van der Waals surface area contributed by atoms with Crippen LogP contribution in [-0.2, 0) is 24.2 Å². The van der Waals surface area contributed by atoms with Crippen LogP contribution in [0.15, 0.2) is 34.3 Å². The first-order chi connectivity index (χ1) is 14.2. The van der Waals surface area contributed by atoms with Gasteiger partial charge in [0.1, 0.15) is 6.10 Å². The maximum Gasteiger partial charge on any atom is 0.240 e. The Balaban J connectivity index is 1.66. The third-order valence-corrected chi connectivity index (χ3v) is 6.83. The molecule has 30 heavy (non-hydrogen) atoms. The highest BCUT2D eigenvalue weighted by molar-refractivity contribution is 7.89. The smallest absolute Gasteiger partial charge is 0.240 e. The third kappa shape index (κ3) is 6.01. The van der Waals surface area contributed by atoms with Crippen molar-refractivity contribution >= 4 is 15.7 Å². The van der Waals surface area contributed by atoms with Crippen LogP contribution in [0.3, 0.4) is 0 Å². The summed E-state index contributed by atoms with van der Waals surface area (Å²) >= 11 is 0. The van der Waals surface area contributed by atoms with Gasteiger partial charge in [0.25, 0.3) is 0 Å². The molecular formula is C21H33N3O5S. The zero-order valence-electron chi connectivity index (χ0n) is 18.3. The summed E-state index contributed by atoms with van der Waals surface area (Å²) in [5.41, 5.74) is 1.80. The minimum atomic E-state index is -3.57. The van der Waals surface area contributed by atoms with Gasteiger partial charge in [0.2, 0.25) is 10.0 Å². The second-order valence-electron chi connectivity index (χ2n) is 8.30. The van der Waals surface area contributed by atoms with Crippen LogP contribution in [0.2, 0.25) is 0 Å². The van der Waals surface area contributed by atoms with Crippen LogP contribution >= 0.6 is 0 Å². The van der Waals surface area contributed by atoms with Gasteiger partial charge < -0.3 is 14.2 Å². The Morgan fingerprint density at radius 3 is 2.73 bits per heavy atom. The quantitative estimate of drug-likeness (QED) is 0.668. The fraction of sp³-hybridized carbons (Fsp3) is 0.667. The first kappa shape index (κ1) is 23.1. The van der Waals surface area contributed by atoms with E-state index in [9.17, 15) is 8.42 Å². The molecule has 168 valence electrons. The molecule has 0 unspecified atom stereocenters. The zero-order valence-corrected chi connectivity index (χ0v) is 19.1. The summed E-state index contributed by atoms with van der Waals surface area (Å²) in [5.74, 6) is -0.740. The number of hydrogen-bond donors (Lipinski definition) is 1. The van der Waals surface area contributed by atoms with Gasteiger partial charge in [-0.15, -0.1) is 0 Å². The molecule has 0 aromatic heterocycles. The number of aryl methyl sites for hydroxylation is 1. The minimum absolute atomic E-state index is 0.247. The molecule has 2 fully saturated rings. The Labute approximate surface area is 179 Å². The van der Waals surface area contributed by atoms with Crippen molar-refractivity contribution in [1.82, 2.24) is 9.73 Å². The topological polar surface area (TPSA) is 89.5 Å². The second-order valence-corrected chi connectivity index (χ2v) is 10.1. The fourth-order valence-electron chi connectivity index (χ4n) is 3.71.